The Kier molecular flexibility index (Phi) is 5.37. The van der Waals surface area contributed by atoms with E-state index in [1.807, 2.05) is 6.92 Å². The van der Waals surface area contributed by atoms with Gasteiger partial charge in [0.15, 0.2) is 0 Å². The highest BCUT2D eigenvalue weighted by molar-refractivity contribution is 9.10. The van der Waals surface area contributed by atoms with E-state index in [1.54, 1.807) is 24.3 Å². The molecule has 0 aromatic carbocycles. The summed E-state index contributed by atoms with van der Waals surface area (Å²) in [5.41, 5.74) is 6.12. The van der Waals surface area contributed by atoms with Gasteiger partial charge in [-0.05, 0) is 28.9 Å². The molecule has 0 radical (unpaired) electrons. The number of carbonyl (C=O) groups is 1. The lowest BCUT2D eigenvalue weighted by molar-refractivity contribution is 0.0707. The third-order valence-electron chi connectivity index (χ3n) is 2.35. The highest BCUT2D eigenvalue weighted by Crippen LogP contribution is 2.17. The smallest absolute Gasteiger partial charge is 0.257 e. The molecule has 1 rings (SSSR count). The van der Waals surface area contributed by atoms with Gasteiger partial charge in [-0.1, -0.05) is 0 Å². The number of likely N-dealkylation sites (N-methyl/N-ethyl adjacent to an activating group) is 1. The lowest BCUT2D eigenvalue weighted by atomic mass is 10.2. The zero-order valence-electron chi connectivity index (χ0n) is 9.94. The van der Waals surface area contributed by atoms with Crippen LogP contribution in [0.25, 0.3) is 0 Å². The summed E-state index contributed by atoms with van der Waals surface area (Å²) in [5, 5.41) is 0. The molecule has 0 atom stereocenters. The molecule has 0 unspecified atom stereocenters. The first-order valence-electron chi connectivity index (χ1n) is 5.29. The van der Waals surface area contributed by atoms with Gasteiger partial charge in [0, 0.05) is 30.9 Å². The van der Waals surface area contributed by atoms with Crippen LogP contribution in [0.1, 0.15) is 17.3 Å². The molecule has 1 aromatic rings. The summed E-state index contributed by atoms with van der Waals surface area (Å²) in [6, 6.07) is 1.68. The molecule has 17 heavy (non-hydrogen) atoms. The van der Waals surface area contributed by atoms with Gasteiger partial charge in [-0.15, -0.1) is 0 Å². The van der Waals surface area contributed by atoms with Gasteiger partial charge in [-0.2, -0.15) is 0 Å². The molecule has 0 spiro atoms. The van der Waals surface area contributed by atoms with Crippen LogP contribution in [0.4, 0.5) is 5.82 Å². The highest BCUT2D eigenvalue weighted by Gasteiger charge is 2.17. The number of methoxy groups -OCH3 is 1. The first-order valence-corrected chi connectivity index (χ1v) is 6.08. The molecule has 1 amide bonds. The van der Waals surface area contributed by atoms with Crippen molar-refractivity contribution in [1.29, 1.82) is 0 Å². The van der Waals surface area contributed by atoms with E-state index in [-0.39, 0.29) is 11.7 Å². The maximum absolute atomic E-state index is 12.2. The van der Waals surface area contributed by atoms with Gasteiger partial charge < -0.3 is 15.4 Å². The molecule has 0 bridgehead atoms. The fourth-order valence-electron chi connectivity index (χ4n) is 1.40. The Labute approximate surface area is 109 Å². The second kappa shape index (κ2) is 6.56. The number of nitrogen functional groups attached to an aromatic ring is 1. The predicted octanol–water partition coefficient (Wildman–Crippen LogP) is 1.53. The number of aromatic nitrogens is 1. The van der Waals surface area contributed by atoms with E-state index in [0.717, 1.165) is 4.47 Å². The van der Waals surface area contributed by atoms with E-state index >= 15 is 0 Å². The van der Waals surface area contributed by atoms with Crippen LogP contribution in [0.3, 0.4) is 0 Å². The van der Waals surface area contributed by atoms with Gasteiger partial charge in [0.05, 0.1) is 12.2 Å². The Morgan fingerprint density at radius 2 is 2.35 bits per heavy atom. The first-order chi connectivity index (χ1) is 8.10. The summed E-state index contributed by atoms with van der Waals surface area (Å²) in [6.07, 6.45) is 1.57. The van der Waals surface area contributed by atoms with Crippen molar-refractivity contribution in [3.05, 3.63) is 22.3 Å². The van der Waals surface area contributed by atoms with Gasteiger partial charge >= 0.3 is 0 Å². The summed E-state index contributed by atoms with van der Waals surface area (Å²) < 4.78 is 5.70. The van der Waals surface area contributed by atoms with Crippen LogP contribution < -0.4 is 5.73 Å². The molecule has 0 fully saturated rings. The normalized spacial score (nSPS) is 10.3. The molecule has 0 saturated carbocycles. The van der Waals surface area contributed by atoms with Crippen LogP contribution in [0, 0.1) is 0 Å². The minimum absolute atomic E-state index is 0.129. The molecule has 5 nitrogen and oxygen atoms in total. The Balaban J connectivity index is 2.89. The van der Waals surface area contributed by atoms with Crippen molar-refractivity contribution in [2.24, 2.45) is 0 Å². The van der Waals surface area contributed by atoms with Crippen molar-refractivity contribution < 1.29 is 9.53 Å². The minimum Gasteiger partial charge on any atom is -0.383 e. The quantitative estimate of drug-likeness (QED) is 0.895. The minimum atomic E-state index is -0.129. The molecule has 1 heterocycles. The van der Waals surface area contributed by atoms with E-state index in [2.05, 4.69) is 20.9 Å². The number of rotatable bonds is 5. The summed E-state index contributed by atoms with van der Waals surface area (Å²) in [6.45, 7) is 3.56. The van der Waals surface area contributed by atoms with Crippen LogP contribution in [-0.4, -0.2) is 42.6 Å². The zero-order chi connectivity index (χ0) is 12.8. The largest absolute Gasteiger partial charge is 0.383 e. The maximum Gasteiger partial charge on any atom is 0.257 e. The second-order valence-electron chi connectivity index (χ2n) is 3.46. The molecule has 0 saturated heterocycles. The molecule has 0 aliphatic heterocycles. The molecular formula is C11H16BrN3O2. The zero-order valence-corrected chi connectivity index (χ0v) is 11.5. The van der Waals surface area contributed by atoms with Gasteiger partial charge in [-0.3, -0.25) is 4.79 Å². The maximum atomic E-state index is 12.2. The fraction of sp³-hybridized carbons (Fsp3) is 0.455. The van der Waals surface area contributed by atoms with Gasteiger partial charge in [0.2, 0.25) is 0 Å². The van der Waals surface area contributed by atoms with Crippen molar-refractivity contribution in [1.82, 2.24) is 9.88 Å². The van der Waals surface area contributed by atoms with E-state index < -0.39 is 0 Å². The van der Waals surface area contributed by atoms with Crippen molar-refractivity contribution >= 4 is 27.7 Å². The number of amides is 1. The number of hydrogen-bond acceptors (Lipinski definition) is 4. The molecule has 1 aromatic heterocycles. The van der Waals surface area contributed by atoms with Gasteiger partial charge in [0.1, 0.15) is 5.82 Å². The van der Waals surface area contributed by atoms with Crippen molar-refractivity contribution in [2.75, 3.05) is 32.5 Å². The van der Waals surface area contributed by atoms with Crippen molar-refractivity contribution in [3.63, 3.8) is 0 Å². The SMILES string of the molecule is CCN(CCOC)C(=O)c1cc(Br)cnc1N. The molecule has 6 heteroatoms. The summed E-state index contributed by atoms with van der Waals surface area (Å²) in [4.78, 5) is 17.8. The Morgan fingerprint density at radius 1 is 1.65 bits per heavy atom. The Morgan fingerprint density at radius 3 is 2.94 bits per heavy atom. The number of halogens is 1. The molecule has 0 aliphatic carbocycles. The van der Waals surface area contributed by atoms with Crippen molar-refractivity contribution in [2.45, 2.75) is 6.92 Å². The lowest BCUT2D eigenvalue weighted by Crippen LogP contribution is -2.34. The third kappa shape index (κ3) is 3.67. The number of ether oxygens (including phenoxy) is 1. The molecule has 2 N–H and O–H groups in total. The number of nitrogens with two attached hydrogens (primary N) is 1. The van der Waals surface area contributed by atoms with E-state index in [4.69, 9.17) is 10.5 Å². The first kappa shape index (κ1) is 13.9. The average molecular weight is 302 g/mol. The monoisotopic (exact) mass is 301 g/mol. The summed E-state index contributed by atoms with van der Waals surface area (Å²) in [5.74, 6) is 0.116. The predicted molar refractivity (Wildman–Crippen MR) is 69.8 cm³/mol. The topological polar surface area (TPSA) is 68.5 Å². The fourth-order valence-corrected chi connectivity index (χ4v) is 1.73. The van der Waals surface area contributed by atoms with Crippen LogP contribution in [0.2, 0.25) is 0 Å². The van der Waals surface area contributed by atoms with E-state index in [0.29, 0.717) is 25.3 Å². The number of hydrogen-bond donors (Lipinski definition) is 1. The number of pyridine rings is 1. The van der Waals surface area contributed by atoms with E-state index in [1.165, 1.54) is 0 Å². The van der Waals surface area contributed by atoms with E-state index in [9.17, 15) is 4.79 Å². The standard InChI is InChI=1S/C11H16BrN3O2/c1-3-15(4-5-17-2)11(16)9-6-8(12)7-14-10(9)13/h6-7H,3-5H2,1-2H3,(H2,13,14). The highest BCUT2D eigenvalue weighted by atomic mass is 79.9. The van der Waals surface area contributed by atoms with Crippen LogP contribution in [0.15, 0.2) is 16.7 Å². The van der Waals surface area contributed by atoms with Crippen molar-refractivity contribution in [3.8, 4) is 0 Å². The summed E-state index contributed by atoms with van der Waals surface area (Å²) >= 11 is 3.27. The number of carbonyl (C=O) groups excluding carboxylic acids is 1. The van der Waals surface area contributed by atoms with Gasteiger partial charge in [0.25, 0.3) is 5.91 Å². The van der Waals surface area contributed by atoms with Crippen LogP contribution in [0.5, 0.6) is 0 Å². The Hall–Kier alpha value is -1.14. The third-order valence-corrected chi connectivity index (χ3v) is 2.78. The second-order valence-corrected chi connectivity index (χ2v) is 4.38. The molecule has 0 aliphatic rings. The van der Waals surface area contributed by atoms with Gasteiger partial charge in [-0.25, -0.2) is 4.98 Å². The molecular weight excluding hydrogens is 286 g/mol. The van der Waals surface area contributed by atoms with Crippen LogP contribution >= 0.6 is 15.9 Å². The van der Waals surface area contributed by atoms with Crippen LogP contribution in [-0.2, 0) is 4.74 Å². The summed E-state index contributed by atoms with van der Waals surface area (Å²) in [7, 11) is 1.60. The average Bonchev–Trinajstić information content (AvgIpc) is 2.33. The molecule has 94 valence electrons. The number of anilines is 1. The Bertz CT molecular complexity index is 398. The number of nitrogens with zero attached hydrogens (tertiary/aromatic N) is 2. The lowest BCUT2D eigenvalue weighted by Gasteiger charge is -2.21.